The molecule has 0 saturated heterocycles. The Morgan fingerprint density at radius 2 is 1.85 bits per heavy atom. The van der Waals surface area contributed by atoms with Gasteiger partial charge in [0.1, 0.15) is 17.9 Å². The highest BCUT2D eigenvalue weighted by Crippen LogP contribution is 2.32. The first-order valence-electron chi connectivity index (χ1n) is 7.02. The molecule has 1 fully saturated rings. The molecule has 104 valence electrons. The van der Waals surface area contributed by atoms with Crippen LogP contribution in [-0.2, 0) is 0 Å². The van der Waals surface area contributed by atoms with Gasteiger partial charge in [-0.1, -0.05) is 13.8 Å². The zero-order valence-corrected chi connectivity index (χ0v) is 11.8. The number of aromatic nitrogens is 2. The summed E-state index contributed by atoms with van der Waals surface area (Å²) in [5, 5.41) is 0. The summed E-state index contributed by atoms with van der Waals surface area (Å²) in [5.74, 6) is 1.77. The average Bonchev–Trinajstić information content (AvgIpc) is 3.23. The lowest BCUT2D eigenvalue weighted by atomic mass is 9.97. The van der Waals surface area contributed by atoms with Crippen molar-refractivity contribution >= 4 is 5.82 Å². The van der Waals surface area contributed by atoms with E-state index in [9.17, 15) is 0 Å². The number of hydrogen-bond acceptors (Lipinski definition) is 4. The summed E-state index contributed by atoms with van der Waals surface area (Å²) in [6.45, 7) is 4.20. The second-order valence-corrected chi connectivity index (χ2v) is 5.52. The van der Waals surface area contributed by atoms with Gasteiger partial charge in [0.05, 0.1) is 11.8 Å². The van der Waals surface area contributed by atoms with Gasteiger partial charge in [0, 0.05) is 11.1 Å². The summed E-state index contributed by atoms with van der Waals surface area (Å²) in [6, 6.07) is 8.06. The smallest absolute Gasteiger partial charge is 0.130 e. The van der Waals surface area contributed by atoms with Gasteiger partial charge in [0.2, 0.25) is 0 Å². The third-order valence-corrected chi connectivity index (χ3v) is 3.45. The lowest BCUT2D eigenvalue weighted by molar-refractivity contribution is 0.303. The highest BCUT2D eigenvalue weighted by Gasteiger charge is 2.23. The quantitative estimate of drug-likeness (QED) is 0.924. The number of nitrogen functional groups attached to an aromatic ring is 1. The summed E-state index contributed by atoms with van der Waals surface area (Å²) < 4.78 is 5.76. The minimum absolute atomic E-state index is 0.286. The van der Waals surface area contributed by atoms with Gasteiger partial charge in [0.15, 0.2) is 0 Å². The Hall–Kier alpha value is -2.10. The Morgan fingerprint density at radius 1 is 1.15 bits per heavy atom. The van der Waals surface area contributed by atoms with Gasteiger partial charge in [-0.25, -0.2) is 9.97 Å². The fourth-order valence-corrected chi connectivity index (χ4v) is 2.28. The summed E-state index contributed by atoms with van der Waals surface area (Å²) in [5.41, 5.74) is 8.95. The largest absolute Gasteiger partial charge is 0.490 e. The molecule has 20 heavy (non-hydrogen) atoms. The molecule has 1 aliphatic carbocycles. The van der Waals surface area contributed by atoms with Crippen LogP contribution in [0.25, 0.3) is 11.3 Å². The van der Waals surface area contributed by atoms with Crippen LogP contribution in [-0.4, -0.2) is 16.1 Å². The minimum Gasteiger partial charge on any atom is -0.490 e. The van der Waals surface area contributed by atoms with Crippen molar-refractivity contribution in [1.82, 2.24) is 9.97 Å². The molecule has 0 spiro atoms. The summed E-state index contributed by atoms with van der Waals surface area (Å²) >= 11 is 0. The van der Waals surface area contributed by atoms with E-state index in [-0.39, 0.29) is 5.92 Å². The predicted molar refractivity (Wildman–Crippen MR) is 79.6 cm³/mol. The zero-order chi connectivity index (χ0) is 14.1. The van der Waals surface area contributed by atoms with Crippen LogP contribution >= 0.6 is 0 Å². The SMILES string of the molecule is CC(C)c1c(N)ncnc1-c1ccc(OC2CC2)cc1. The minimum atomic E-state index is 0.286. The topological polar surface area (TPSA) is 61.0 Å². The van der Waals surface area contributed by atoms with Crippen LogP contribution < -0.4 is 10.5 Å². The molecule has 1 heterocycles. The molecule has 0 aliphatic heterocycles. The Balaban J connectivity index is 1.93. The number of ether oxygens (including phenoxy) is 1. The van der Waals surface area contributed by atoms with Crippen LogP contribution in [0, 0.1) is 0 Å². The lowest BCUT2D eigenvalue weighted by Crippen LogP contribution is -2.04. The number of anilines is 1. The molecule has 1 aromatic carbocycles. The van der Waals surface area contributed by atoms with E-state index < -0.39 is 0 Å². The third-order valence-electron chi connectivity index (χ3n) is 3.45. The Labute approximate surface area is 119 Å². The first-order valence-corrected chi connectivity index (χ1v) is 7.02. The Kier molecular flexibility index (Phi) is 3.30. The molecule has 2 N–H and O–H groups in total. The van der Waals surface area contributed by atoms with E-state index in [1.54, 1.807) is 0 Å². The van der Waals surface area contributed by atoms with E-state index in [2.05, 4.69) is 23.8 Å². The second-order valence-electron chi connectivity index (χ2n) is 5.52. The zero-order valence-electron chi connectivity index (χ0n) is 11.8. The van der Waals surface area contributed by atoms with Crippen molar-refractivity contribution in [2.45, 2.75) is 38.7 Å². The summed E-state index contributed by atoms with van der Waals surface area (Å²) in [6.07, 6.45) is 4.27. The maximum atomic E-state index is 5.99. The van der Waals surface area contributed by atoms with Crippen LogP contribution in [0.15, 0.2) is 30.6 Å². The van der Waals surface area contributed by atoms with Crippen LogP contribution in [0.3, 0.4) is 0 Å². The predicted octanol–water partition coefficient (Wildman–Crippen LogP) is 3.39. The molecular weight excluding hydrogens is 250 g/mol. The highest BCUT2D eigenvalue weighted by atomic mass is 16.5. The molecule has 3 rings (SSSR count). The van der Waals surface area contributed by atoms with E-state index >= 15 is 0 Å². The molecule has 0 amide bonds. The molecule has 0 unspecified atom stereocenters. The third kappa shape index (κ3) is 2.59. The molecule has 4 heteroatoms. The van der Waals surface area contributed by atoms with Gasteiger partial charge in [-0.2, -0.15) is 0 Å². The normalized spacial score (nSPS) is 14.6. The number of rotatable bonds is 4. The van der Waals surface area contributed by atoms with Gasteiger partial charge < -0.3 is 10.5 Å². The lowest BCUT2D eigenvalue weighted by Gasteiger charge is -2.14. The van der Waals surface area contributed by atoms with Crippen LogP contribution in [0.2, 0.25) is 0 Å². The molecular formula is C16H19N3O. The van der Waals surface area contributed by atoms with E-state index in [0.29, 0.717) is 11.9 Å². The fraction of sp³-hybridized carbons (Fsp3) is 0.375. The first-order chi connectivity index (χ1) is 9.65. The van der Waals surface area contributed by atoms with Crippen LogP contribution in [0.5, 0.6) is 5.75 Å². The van der Waals surface area contributed by atoms with Gasteiger partial charge in [-0.3, -0.25) is 0 Å². The van der Waals surface area contributed by atoms with Crippen molar-refractivity contribution in [3.63, 3.8) is 0 Å². The maximum Gasteiger partial charge on any atom is 0.130 e. The number of hydrogen-bond donors (Lipinski definition) is 1. The Morgan fingerprint density at radius 3 is 2.45 bits per heavy atom. The van der Waals surface area contributed by atoms with Gasteiger partial charge >= 0.3 is 0 Å². The second kappa shape index (κ2) is 5.12. The highest BCUT2D eigenvalue weighted by molar-refractivity contribution is 5.68. The van der Waals surface area contributed by atoms with Crippen molar-refractivity contribution in [2.75, 3.05) is 5.73 Å². The van der Waals surface area contributed by atoms with Gasteiger partial charge in [0.25, 0.3) is 0 Å². The molecule has 1 aromatic heterocycles. The monoisotopic (exact) mass is 269 g/mol. The molecule has 2 aromatic rings. The molecule has 1 aliphatic rings. The first kappa shape index (κ1) is 12.9. The van der Waals surface area contributed by atoms with E-state index in [1.807, 2.05) is 24.3 Å². The number of nitrogens with two attached hydrogens (primary N) is 1. The number of nitrogens with zero attached hydrogens (tertiary/aromatic N) is 2. The Bertz CT molecular complexity index is 604. The van der Waals surface area contributed by atoms with Crippen molar-refractivity contribution in [1.29, 1.82) is 0 Å². The van der Waals surface area contributed by atoms with Crippen LogP contribution in [0.4, 0.5) is 5.82 Å². The van der Waals surface area contributed by atoms with Crippen LogP contribution in [0.1, 0.15) is 38.2 Å². The molecule has 0 atom stereocenters. The average molecular weight is 269 g/mol. The van der Waals surface area contributed by atoms with Gasteiger partial charge in [-0.05, 0) is 43.0 Å². The summed E-state index contributed by atoms with van der Waals surface area (Å²) in [4.78, 5) is 8.50. The van der Waals surface area contributed by atoms with Gasteiger partial charge in [-0.15, -0.1) is 0 Å². The van der Waals surface area contributed by atoms with E-state index in [4.69, 9.17) is 10.5 Å². The standard InChI is InChI=1S/C16H19N3O/c1-10(2)14-15(18-9-19-16(14)17)11-3-5-12(6-4-11)20-13-7-8-13/h3-6,9-10,13H,7-8H2,1-2H3,(H2,17,18,19). The maximum absolute atomic E-state index is 5.99. The molecule has 0 radical (unpaired) electrons. The van der Waals surface area contributed by atoms with E-state index in [1.165, 1.54) is 19.2 Å². The number of benzene rings is 1. The van der Waals surface area contributed by atoms with Crippen molar-refractivity contribution in [3.05, 3.63) is 36.2 Å². The van der Waals surface area contributed by atoms with Crippen molar-refractivity contribution < 1.29 is 4.74 Å². The molecule has 1 saturated carbocycles. The molecule has 4 nitrogen and oxygen atoms in total. The van der Waals surface area contributed by atoms with Crippen molar-refractivity contribution in [3.8, 4) is 17.0 Å². The van der Waals surface area contributed by atoms with Crippen molar-refractivity contribution in [2.24, 2.45) is 0 Å². The van der Waals surface area contributed by atoms with E-state index in [0.717, 1.165) is 22.6 Å². The fourth-order valence-electron chi connectivity index (χ4n) is 2.28. The summed E-state index contributed by atoms with van der Waals surface area (Å²) in [7, 11) is 0. The molecule has 0 bridgehead atoms.